The lowest BCUT2D eigenvalue weighted by atomic mass is 10.1. The summed E-state index contributed by atoms with van der Waals surface area (Å²) in [7, 11) is 0. The fraction of sp³-hybridized carbons (Fsp3) is 0.286. The zero-order valence-electron chi connectivity index (χ0n) is 10.6. The zero-order chi connectivity index (χ0) is 13.2. The summed E-state index contributed by atoms with van der Waals surface area (Å²) in [5.74, 6) is 1.99. The van der Waals surface area contributed by atoms with Gasteiger partial charge in [-0.15, -0.1) is 0 Å². The zero-order valence-corrected chi connectivity index (χ0v) is 10.6. The topological polar surface area (TPSA) is 59.9 Å². The van der Waals surface area contributed by atoms with E-state index >= 15 is 0 Å². The number of hydrogen-bond donors (Lipinski definition) is 1. The molecule has 2 heterocycles. The summed E-state index contributed by atoms with van der Waals surface area (Å²) in [6, 6.07) is 5.58. The SMILES string of the molecule is CCC1=N/C(=C/c2ccc3c(c2)OCCO3)C(=O)N1. The molecule has 98 valence electrons. The number of nitrogens with zero attached hydrogens (tertiary/aromatic N) is 1. The summed E-state index contributed by atoms with van der Waals surface area (Å²) >= 11 is 0. The van der Waals surface area contributed by atoms with Crippen molar-refractivity contribution in [2.45, 2.75) is 13.3 Å². The van der Waals surface area contributed by atoms with Crippen LogP contribution in [-0.2, 0) is 4.79 Å². The van der Waals surface area contributed by atoms with Crippen LogP contribution in [0.25, 0.3) is 6.08 Å². The molecular weight excluding hydrogens is 244 g/mol. The lowest BCUT2D eigenvalue weighted by Gasteiger charge is -2.18. The van der Waals surface area contributed by atoms with E-state index in [9.17, 15) is 4.79 Å². The molecule has 1 aromatic rings. The number of fused-ring (bicyclic) bond motifs is 1. The molecule has 0 radical (unpaired) electrons. The van der Waals surface area contributed by atoms with Gasteiger partial charge in [-0.05, 0) is 23.8 Å². The Morgan fingerprint density at radius 2 is 2.11 bits per heavy atom. The Morgan fingerprint density at radius 1 is 1.32 bits per heavy atom. The number of rotatable bonds is 2. The van der Waals surface area contributed by atoms with Gasteiger partial charge in [-0.2, -0.15) is 0 Å². The summed E-state index contributed by atoms with van der Waals surface area (Å²) in [4.78, 5) is 15.9. The number of carbonyl (C=O) groups is 1. The van der Waals surface area contributed by atoms with Crippen molar-refractivity contribution >= 4 is 17.8 Å². The lowest BCUT2D eigenvalue weighted by Crippen LogP contribution is -2.23. The molecule has 0 saturated heterocycles. The van der Waals surface area contributed by atoms with E-state index in [0.29, 0.717) is 36.9 Å². The van der Waals surface area contributed by atoms with Crippen molar-refractivity contribution in [3.63, 3.8) is 0 Å². The van der Waals surface area contributed by atoms with Crippen molar-refractivity contribution in [3.05, 3.63) is 29.5 Å². The minimum Gasteiger partial charge on any atom is -0.486 e. The van der Waals surface area contributed by atoms with Gasteiger partial charge in [0.1, 0.15) is 24.7 Å². The van der Waals surface area contributed by atoms with Crippen LogP contribution in [0, 0.1) is 0 Å². The normalized spacial score (nSPS) is 19.3. The fourth-order valence-electron chi connectivity index (χ4n) is 1.99. The molecule has 1 amide bonds. The molecule has 1 N–H and O–H groups in total. The fourth-order valence-corrected chi connectivity index (χ4v) is 1.99. The second kappa shape index (κ2) is 4.76. The number of nitrogens with one attached hydrogen (secondary N) is 1. The van der Waals surface area contributed by atoms with Crippen LogP contribution in [0.5, 0.6) is 11.5 Å². The van der Waals surface area contributed by atoms with E-state index in [2.05, 4.69) is 10.3 Å². The number of carbonyl (C=O) groups excluding carboxylic acids is 1. The summed E-state index contributed by atoms with van der Waals surface area (Å²) in [5, 5.41) is 2.72. The molecule has 0 spiro atoms. The van der Waals surface area contributed by atoms with Gasteiger partial charge in [0.2, 0.25) is 0 Å². The number of aliphatic imine (C=N–C) groups is 1. The van der Waals surface area contributed by atoms with E-state index < -0.39 is 0 Å². The number of ether oxygens (including phenoxy) is 2. The van der Waals surface area contributed by atoms with E-state index in [-0.39, 0.29) is 5.91 Å². The van der Waals surface area contributed by atoms with Gasteiger partial charge in [0.05, 0.1) is 0 Å². The van der Waals surface area contributed by atoms with Gasteiger partial charge >= 0.3 is 0 Å². The first-order chi connectivity index (χ1) is 9.26. The lowest BCUT2D eigenvalue weighted by molar-refractivity contribution is -0.115. The first-order valence-corrected chi connectivity index (χ1v) is 6.26. The molecule has 2 aliphatic rings. The Hall–Kier alpha value is -2.30. The molecule has 2 aliphatic heterocycles. The Balaban J connectivity index is 1.91. The van der Waals surface area contributed by atoms with E-state index in [1.54, 1.807) is 6.08 Å². The first-order valence-electron chi connectivity index (χ1n) is 6.26. The summed E-state index contributed by atoms with van der Waals surface area (Å²) < 4.78 is 11.0. The highest BCUT2D eigenvalue weighted by Gasteiger charge is 2.19. The van der Waals surface area contributed by atoms with Crippen LogP contribution < -0.4 is 14.8 Å². The molecule has 3 rings (SSSR count). The molecule has 0 aliphatic carbocycles. The van der Waals surface area contributed by atoms with E-state index in [1.807, 2.05) is 25.1 Å². The van der Waals surface area contributed by atoms with E-state index in [1.165, 1.54) is 0 Å². The second-order valence-electron chi connectivity index (χ2n) is 4.30. The molecule has 0 bridgehead atoms. The van der Waals surface area contributed by atoms with Crippen LogP contribution in [0.1, 0.15) is 18.9 Å². The minimum absolute atomic E-state index is 0.160. The molecule has 5 heteroatoms. The Morgan fingerprint density at radius 3 is 2.84 bits per heavy atom. The minimum atomic E-state index is -0.160. The molecule has 0 atom stereocenters. The van der Waals surface area contributed by atoms with Gasteiger partial charge < -0.3 is 14.8 Å². The Bertz CT molecular complexity index is 590. The van der Waals surface area contributed by atoms with Gasteiger partial charge in [0.15, 0.2) is 11.5 Å². The highest BCUT2D eigenvalue weighted by Crippen LogP contribution is 2.31. The number of hydrogen-bond acceptors (Lipinski definition) is 4. The molecule has 1 aromatic carbocycles. The average Bonchev–Trinajstić information content (AvgIpc) is 2.79. The van der Waals surface area contributed by atoms with Crippen LogP contribution in [0.3, 0.4) is 0 Å². The highest BCUT2D eigenvalue weighted by molar-refractivity contribution is 6.14. The average molecular weight is 258 g/mol. The van der Waals surface area contributed by atoms with Crippen LogP contribution in [0.4, 0.5) is 0 Å². The Kier molecular flexibility index (Phi) is 2.95. The van der Waals surface area contributed by atoms with Crippen molar-refractivity contribution in [2.75, 3.05) is 13.2 Å². The maximum absolute atomic E-state index is 11.7. The highest BCUT2D eigenvalue weighted by atomic mass is 16.6. The maximum atomic E-state index is 11.7. The summed E-state index contributed by atoms with van der Waals surface area (Å²) in [6.45, 7) is 3.07. The maximum Gasteiger partial charge on any atom is 0.275 e. The van der Waals surface area contributed by atoms with Gasteiger partial charge in [0.25, 0.3) is 5.91 Å². The molecule has 5 nitrogen and oxygen atoms in total. The predicted molar refractivity (Wildman–Crippen MR) is 71.3 cm³/mol. The van der Waals surface area contributed by atoms with Crippen LogP contribution in [-0.4, -0.2) is 25.0 Å². The molecule has 0 fully saturated rings. The monoisotopic (exact) mass is 258 g/mol. The summed E-state index contributed by atoms with van der Waals surface area (Å²) in [5.41, 5.74) is 1.30. The number of benzene rings is 1. The molecular formula is C14H14N2O3. The standard InChI is InChI=1S/C14H14N2O3/c1-2-13-15-10(14(17)16-13)7-9-3-4-11-12(8-9)19-6-5-18-11/h3-4,7-8H,2,5-6H2,1H3,(H,15,16,17)/b10-7+. The number of amides is 1. The van der Waals surface area contributed by atoms with Crippen LogP contribution >= 0.6 is 0 Å². The van der Waals surface area contributed by atoms with Crippen molar-refractivity contribution in [1.29, 1.82) is 0 Å². The van der Waals surface area contributed by atoms with E-state index in [4.69, 9.17) is 9.47 Å². The van der Waals surface area contributed by atoms with Gasteiger partial charge in [-0.1, -0.05) is 13.0 Å². The first kappa shape index (κ1) is 11.8. The van der Waals surface area contributed by atoms with Gasteiger partial charge in [-0.3, -0.25) is 4.79 Å². The Labute approximate surface area is 110 Å². The predicted octanol–water partition coefficient (Wildman–Crippen LogP) is 1.74. The smallest absolute Gasteiger partial charge is 0.275 e. The molecule has 0 saturated carbocycles. The van der Waals surface area contributed by atoms with Crippen LogP contribution in [0.2, 0.25) is 0 Å². The third-order valence-electron chi connectivity index (χ3n) is 2.95. The van der Waals surface area contributed by atoms with Gasteiger partial charge in [0, 0.05) is 6.42 Å². The quantitative estimate of drug-likeness (QED) is 0.822. The van der Waals surface area contributed by atoms with Crippen molar-refractivity contribution in [1.82, 2.24) is 5.32 Å². The molecule has 0 unspecified atom stereocenters. The van der Waals surface area contributed by atoms with Crippen LogP contribution in [0.15, 0.2) is 28.9 Å². The van der Waals surface area contributed by atoms with Crippen molar-refractivity contribution < 1.29 is 14.3 Å². The summed E-state index contributed by atoms with van der Waals surface area (Å²) in [6.07, 6.45) is 2.46. The van der Waals surface area contributed by atoms with Gasteiger partial charge in [-0.25, -0.2) is 4.99 Å². The third-order valence-corrected chi connectivity index (χ3v) is 2.95. The van der Waals surface area contributed by atoms with Crippen molar-refractivity contribution in [2.24, 2.45) is 4.99 Å². The number of amidine groups is 1. The van der Waals surface area contributed by atoms with E-state index in [0.717, 1.165) is 11.3 Å². The molecule has 0 aromatic heterocycles. The van der Waals surface area contributed by atoms with Crippen molar-refractivity contribution in [3.8, 4) is 11.5 Å². The molecule has 19 heavy (non-hydrogen) atoms. The third kappa shape index (κ3) is 2.31. The largest absolute Gasteiger partial charge is 0.486 e. The second-order valence-corrected chi connectivity index (χ2v) is 4.30.